The minimum atomic E-state index is -4.46. The van der Waals surface area contributed by atoms with E-state index in [-0.39, 0.29) is 17.9 Å². The molecule has 0 fully saturated rings. The first-order valence-corrected chi connectivity index (χ1v) is 8.09. The van der Waals surface area contributed by atoms with Crippen molar-refractivity contribution in [3.8, 4) is 6.07 Å². The lowest BCUT2D eigenvalue weighted by atomic mass is 10.1. The summed E-state index contributed by atoms with van der Waals surface area (Å²) in [4.78, 5) is 3.67. The molecule has 0 radical (unpaired) electrons. The number of alkyl halides is 3. The Morgan fingerprint density at radius 2 is 1.80 bits per heavy atom. The highest BCUT2D eigenvalue weighted by atomic mass is 35.5. The maximum absolute atomic E-state index is 13.2. The first-order valence-electron chi connectivity index (χ1n) is 7.33. The van der Waals surface area contributed by atoms with E-state index in [0.717, 1.165) is 11.8 Å². The largest absolute Gasteiger partial charge is 0.410 e. The molecule has 25 heavy (non-hydrogen) atoms. The van der Waals surface area contributed by atoms with Gasteiger partial charge in [0.2, 0.25) is 0 Å². The molecule has 0 heterocycles. The fourth-order valence-electron chi connectivity index (χ4n) is 2.15. The Morgan fingerprint density at radius 1 is 1.12 bits per heavy atom. The zero-order valence-corrected chi connectivity index (χ0v) is 14.4. The lowest BCUT2D eigenvalue weighted by Gasteiger charge is -2.16. The normalized spacial score (nSPS) is 13.0. The summed E-state index contributed by atoms with van der Waals surface area (Å²) in [5.74, 6) is 0. The van der Waals surface area contributed by atoms with Gasteiger partial charge in [-0.1, -0.05) is 41.4 Å². The van der Waals surface area contributed by atoms with Crippen LogP contribution in [0.5, 0.6) is 0 Å². The van der Waals surface area contributed by atoms with Crippen molar-refractivity contribution in [3.05, 3.63) is 69.2 Å². The lowest BCUT2D eigenvalue weighted by molar-refractivity contribution is -0.147. The fraction of sp³-hybridized carbons (Fsp3) is 0.222. The summed E-state index contributed by atoms with van der Waals surface area (Å²) >= 11 is 11.7. The van der Waals surface area contributed by atoms with Crippen LogP contribution in [-0.2, 0) is 6.42 Å². The average molecular weight is 385 g/mol. The third-order valence-electron chi connectivity index (χ3n) is 3.52. The molecule has 0 aliphatic heterocycles. The first kappa shape index (κ1) is 19.3. The molecule has 0 spiro atoms. The number of rotatable bonds is 5. The Kier molecular flexibility index (Phi) is 6.46. The van der Waals surface area contributed by atoms with Crippen LogP contribution in [0.4, 0.5) is 13.2 Å². The Morgan fingerprint density at radius 3 is 2.36 bits per heavy atom. The summed E-state index contributed by atoms with van der Waals surface area (Å²) in [6.45, 7) is 0. The highest BCUT2D eigenvalue weighted by molar-refractivity contribution is 6.33. The summed E-state index contributed by atoms with van der Waals surface area (Å²) in [6, 6.07) is 11.1. The molecule has 2 aromatic carbocycles. The average Bonchev–Trinajstić information content (AvgIpc) is 2.56. The second kappa shape index (κ2) is 8.37. The van der Waals surface area contributed by atoms with Gasteiger partial charge in [0, 0.05) is 16.8 Å². The summed E-state index contributed by atoms with van der Waals surface area (Å²) < 4.78 is 39.6. The topological polar surface area (TPSA) is 36.1 Å². The van der Waals surface area contributed by atoms with E-state index in [1.807, 2.05) is 6.07 Å². The van der Waals surface area contributed by atoms with Crippen LogP contribution in [-0.4, -0.2) is 18.4 Å². The maximum atomic E-state index is 13.2. The first-order chi connectivity index (χ1) is 11.8. The number of aliphatic imine (C=N–C) groups is 1. The Balaban J connectivity index is 2.12. The second-order valence-electron chi connectivity index (χ2n) is 5.35. The van der Waals surface area contributed by atoms with Gasteiger partial charge in [0.05, 0.1) is 16.7 Å². The van der Waals surface area contributed by atoms with Gasteiger partial charge in [-0.25, -0.2) is 0 Å². The number of hydrogen-bond acceptors (Lipinski definition) is 2. The maximum Gasteiger partial charge on any atom is 0.410 e. The van der Waals surface area contributed by atoms with Crippen LogP contribution in [0.25, 0.3) is 0 Å². The molecular formula is C18H13Cl2F3N2. The van der Waals surface area contributed by atoms with Crippen LogP contribution in [0.15, 0.2) is 47.5 Å². The van der Waals surface area contributed by atoms with Gasteiger partial charge in [0.25, 0.3) is 0 Å². The molecule has 2 nitrogen and oxygen atoms in total. The van der Waals surface area contributed by atoms with Crippen LogP contribution in [0, 0.1) is 11.3 Å². The van der Waals surface area contributed by atoms with E-state index >= 15 is 0 Å². The van der Waals surface area contributed by atoms with Crippen molar-refractivity contribution >= 4 is 29.4 Å². The van der Waals surface area contributed by atoms with E-state index in [9.17, 15) is 13.2 Å². The van der Waals surface area contributed by atoms with E-state index in [2.05, 4.69) is 4.99 Å². The summed E-state index contributed by atoms with van der Waals surface area (Å²) in [5, 5.41) is 9.49. The number of hydrogen-bond donors (Lipinski definition) is 0. The van der Waals surface area contributed by atoms with Crippen molar-refractivity contribution in [2.45, 2.75) is 25.1 Å². The third-order valence-corrected chi connectivity index (χ3v) is 4.10. The van der Waals surface area contributed by atoms with E-state index in [0.29, 0.717) is 16.1 Å². The lowest BCUT2D eigenvalue weighted by Crippen LogP contribution is -2.27. The van der Waals surface area contributed by atoms with E-state index in [1.54, 1.807) is 24.3 Å². The van der Waals surface area contributed by atoms with E-state index in [4.69, 9.17) is 28.5 Å². The summed E-state index contributed by atoms with van der Waals surface area (Å²) in [7, 11) is 0. The SMILES string of the molecule is N#Cc1ccc(C=NC(CCc2ccc(Cl)cc2)C(F)(F)F)c(Cl)c1. The molecule has 0 N–H and O–H groups in total. The van der Waals surface area contributed by atoms with E-state index in [1.165, 1.54) is 18.2 Å². The van der Waals surface area contributed by atoms with Gasteiger partial charge < -0.3 is 0 Å². The van der Waals surface area contributed by atoms with Crippen molar-refractivity contribution in [2.24, 2.45) is 4.99 Å². The van der Waals surface area contributed by atoms with Gasteiger partial charge in [0.15, 0.2) is 0 Å². The molecule has 0 aliphatic rings. The predicted octanol–water partition coefficient (Wildman–Crippen LogP) is 5.85. The molecule has 7 heteroatoms. The smallest absolute Gasteiger partial charge is 0.280 e. The van der Waals surface area contributed by atoms with Crippen molar-refractivity contribution in [1.29, 1.82) is 5.26 Å². The van der Waals surface area contributed by atoms with Crippen LogP contribution in [0.2, 0.25) is 10.0 Å². The zero-order chi connectivity index (χ0) is 18.4. The Bertz CT molecular complexity index is 793. The van der Waals surface area contributed by atoms with Gasteiger partial charge >= 0.3 is 6.18 Å². The number of nitrogens with zero attached hydrogens (tertiary/aromatic N) is 2. The van der Waals surface area contributed by atoms with Crippen LogP contribution in [0.3, 0.4) is 0 Å². The molecular weight excluding hydrogens is 372 g/mol. The molecule has 0 bridgehead atoms. The van der Waals surface area contributed by atoms with Crippen LogP contribution >= 0.6 is 23.2 Å². The number of nitriles is 1. The molecule has 2 aromatic rings. The molecule has 1 atom stereocenters. The summed E-state index contributed by atoms with van der Waals surface area (Å²) in [6.07, 6.45) is -3.32. The minimum Gasteiger partial charge on any atom is -0.280 e. The number of aryl methyl sites for hydroxylation is 1. The van der Waals surface area contributed by atoms with Crippen molar-refractivity contribution in [1.82, 2.24) is 0 Å². The fourth-order valence-corrected chi connectivity index (χ4v) is 2.50. The van der Waals surface area contributed by atoms with Crippen LogP contribution in [0.1, 0.15) is 23.1 Å². The molecule has 2 rings (SSSR count). The molecule has 0 saturated carbocycles. The van der Waals surface area contributed by atoms with Crippen molar-refractivity contribution < 1.29 is 13.2 Å². The third kappa shape index (κ3) is 5.77. The van der Waals surface area contributed by atoms with Crippen molar-refractivity contribution in [3.63, 3.8) is 0 Å². The van der Waals surface area contributed by atoms with Gasteiger partial charge in [-0.15, -0.1) is 0 Å². The molecule has 130 valence electrons. The second-order valence-corrected chi connectivity index (χ2v) is 6.19. The zero-order valence-electron chi connectivity index (χ0n) is 12.9. The molecule has 0 aromatic heterocycles. The van der Waals surface area contributed by atoms with Crippen LogP contribution < -0.4 is 0 Å². The molecule has 1 unspecified atom stereocenters. The predicted molar refractivity (Wildman–Crippen MR) is 93.4 cm³/mol. The number of halogens is 5. The molecule has 0 aliphatic carbocycles. The quantitative estimate of drug-likeness (QED) is 0.595. The van der Waals surface area contributed by atoms with Gasteiger partial charge in [-0.3, -0.25) is 4.99 Å². The summed E-state index contributed by atoms with van der Waals surface area (Å²) in [5.41, 5.74) is 1.42. The highest BCUT2D eigenvalue weighted by Crippen LogP contribution is 2.27. The minimum absolute atomic E-state index is 0.182. The van der Waals surface area contributed by atoms with Gasteiger partial charge in [-0.05, 0) is 42.7 Å². The standard InChI is InChI=1S/C18H13Cl2F3N2/c19-15-6-2-12(3-7-15)4-8-17(18(21,22)23)25-11-14-5-1-13(10-24)9-16(14)20/h1-3,5-7,9,11,17H,4,8H2. The number of benzene rings is 2. The monoisotopic (exact) mass is 384 g/mol. The molecule has 0 amide bonds. The van der Waals surface area contributed by atoms with Gasteiger partial charge in [-0.2, -0.15) is 18.4 Å². The van der Waals surface area contributed by atoms with E-state index < -0.39 is 12.2 Å². The highest BCUT2D eigenvalue weighted by Gasteiger charge is 2.38. The molecule has 0 saturated heterocycles. The van der Waals surface area contributed by atoms with Crippen molar-refractivity contribution in [2.75, 3.05) is 0 Å². The van der Waals surface area contributed by atoms with Gasteiger partial charge in [0.1, 0.15) is 6.04 Å². The Hall–Kier alpha value is -2.03. The Labute approximate surface area is 153 Å².